The average Bonchev–Trinajstić information content (AvgIpc) is 2.70. The lowest BCUT2D eigenvalue weighted by Gasteiger charge is -2.18. The number of ether oxygens (including phenoxy) is 3. The molecule has 27 heavy (non-hydrogen) atoms. The van der Waals surface area contributed by atoms with Crippen molar-refractivity contribution in [3.8, 4) is 5.75 Å². The fourth-order valence-electron chi connectivity index (χ4n) is 2.33. The lowest BCUT2D eigenvalue weighted by atomic mass is 10.2. The summed E-state index contributed by atoms with van der Waals surface area (Å²) < 4.78 is 16.7. The fraction of sp³-hybridized carbons (Fsp3) is 0.381. The average molecular weight is 372 g/mol. The highest BCUT2D eigenvalue weighted by molar-refractivity contribution is 5.89. The molecule has 0 saturated heterocycles. The molecule has 6 heteroatoms. The highest BCUT2D eigenvalue weighted by Crippen LogP contribution is 2.17. The van der Waals surface area contributed by atoms with Crippen LogP contribution in [0.4, 0.5) is 10.5 Å². The lowest BCUT2D eigenvalue weighted by molar-refractivity contribution is -0.134. The SMILES string of the molecule is CCCOC(CNC(=O)Nc1ccc(OCc2ccccc2)cc1)OCC. The van der Waals surface area contributed by atoms with Gasteiger partial charge >= 0.3 is 6.03 Å². The Morgan fingerprint density at radius 2 is 1.74 bits per heavy atom. The number of hydrogen-bond donors (Lipinski definition) is 2. The van der Waals surface area contributed by atoms with Crippen molar-refractivity contribution in [3.63, 3.8) is 0 Å². The number of nitrogens with one attached hydrogen (secondary N) is 2. The van der Waals surface area contributed by atoms with E-state index >= 15 is 0 Å². The van der Waals surface area contributed by atoms with Crippen LogP contribution in [0.15, 0.2) is 54.6 Å². The topological polar surface area (TPSA) is 68.8 Å². The summed E-state index contributed by atoms with van der Waals surface area (Å²) in [5.74, 6) is 0.745. The molecule has 2 aromatic carbocycles. The minimum Gasteiger partial charge on any atom is -0.489 e. The Hall–Kier alpha value is -2.57. The van der Waals surface area contributed by atoms with Crippen molar-refractivity contribution < 1.29 is 19.0 Å². The summed E-state index contributed by atoms with van der Waals surface area (Å²) in [5.41, 5.74) is 1.79. The molecule has 0 aliphatic heterocycles. The molecule has 0 heterocycles. The molecule has 0 fully saturated rings. The number of anilines is 1. The van der Waals surface area contributed by atoms with Gasteiger partial charge in [0.05, 0.1) is 6.54 Å². The Bertz CT molecular complexity index is 662. The van der Waals surface area contributed by atoms with E-state index in [1.807, 2.05) is 56.3 Å². The molecule has 1 unspecified atom stereocenters. The first-order valence-corrected chi connectivity index (χ1v) is 9.26. The number of urea groups is 1. The minimum atomic E-state index is -0.436. The van der Waals surface area contributed by atoms with Gasteiger partial charge in [0.15, 0.2) is 6.29 Å². The van der Waals surface area contributed by atoms with Gasteiger partial charge in [-0.2, -0.15) is 0 Å². The predicted molar refractivity (Wildman–Crippen MR) is 106 cm³/mol. The molecule has 0 spiro atoms. The van der Waals surface area contributed by atoms with Gasteiger partial charge in [-0.15, -0.1) is 0 Å². The first-order valence-electron chi connectivity index (χ1n) is 9.26. The van der Waals surface area contributed by atoms with Crippen molar-refractivity contribution in [2.45, 2.75) is 33.2 Å². The molecule has 6 nitrogen and oxygen atoms in total. The number of benzene rings is 2. The van der Waals surface area contributed by atoms with Gasteiger partial charge < -0.3 is 24.8 Å². The van der Waals surface area contributed by atoms with Gasteiger partial charge in [0, 0.05) is 18.9 Å². The number of amides is 2. The van der Waals surface area contributed by atoms with Crippen molar-refractivity contribution >= 4 is 11.7 Å². The first kappa shape index (κ1) is 20.7. The highest BCUT2D eigenvalue weighted by Gasteiger charge is 2.10. The van der Waals surface area contributed by atoms with Crippen molar-refractivity contribution in [3.05, 3.63) is 60.2 Å². The van der Waals surface area contributed by atoms with E-state index in [0.29, 0.717) is 25.5 Å². The summed E-state index contributed by atoms with van der Waals surface area (Å²) in [6.45, 7) is 5.84. The van der Waals surface area contributed by atoms with Crippen molar-refractivity contribution in [2.24, 2.45) is 0 Å². The monoisotopic (exact) mass is 372 g/mol. The maximum Gasteiger partial charge on any atom is 0.319 e. The number of carbonyl (C=O) groups is 1. The maximum atomic E-state index is 12.0. The van der Waals surface area contributed by atoms with E-state index in [-0.39, 0.29) is 12.6 Å². The van der Waals surface area contributed by atoms with E-state index in [1.54, 1.807) is 12.1 Å². The van der Waals surface area contributed by atoms with E-state index in [4.69, 9.17) is 14.2 Å². The largest absolute Gasteiger partial charge is 0.489 e. The highest BCUT2D eigenvalue weighted by atomic mass is 16.7. The van der Waals surface area contributed by atoms with Crippen LogP contribution < -0.4 is 15.4 Å². The van der Waals surface area contributed by atoms with E-state index in [0.717, 1.165) is 17.7 Å². The summed E-state index contributed by atoms with van der Waals surface area (Å²) in [7, 11) is 0. The Morgan fingerprint density at radius 1 is 1.00 bits per heavy atom. The third kappa shape index (κ3) is 8.11. The third-order valence-electron chi connectivity index (χ3n) is 3.65. The summed E-state index contributed by atoms with van der Waals surface area (Å²) in [6, 6.07) is 16.9. The Kier molecular flexibility index (Phi) is 9.17. The van der Waals surface area contributed by atoms with Crippen LogP contribution >= 0.6 is 0 Å². The zero-order valence-electron chi connectivity index (χ0n) is 15.9. The molecule has 1 atom stereocenters. The molecule has 0 aromatic heterocycles. The Balaban J connectivity index is 1.75. The predicted octanol–water partition coefficient (Wildman–Crippen LogP) is 4.18. The zero-order chi connectivity index (χ0) is 19.3. The Morgan fingerprint density at radius 3 is 2.41 bits per heavy atom. The van der Waals surface area contributed by atoms with Crippen LogP contribution in [0.1, 0.15) is 25.8 Å². The minimum absolute atomic E-state index is 0.290. The normalized spacial score (nSPS) is 11.6. The second-order valence-corrected chi connectivity index (χ2v) is 5.89. The maximum absolute atomic E-state index is 12.0. The summed E-state index contributed by atoms with van der Waals surface area (Å²) >= 11 is 0. The van der Waals surface area contributed by atoms with Crippen molar-refractivity contribution in [1.29, 1.82) is 0 Å². The van der Waals surface area contributed by atoms with Gasteiger partial charge in [-0.25, -0.2) is 4.79 Å². The van der Waals surface area contributed by atoms with E-state index in [2.05, 4.69) is 10.6 Å². The molecule has 2 N–H and O–H groups in total. The summed E-state index contributed by atoms with van der Waals surface area (Å²) in [4.78, 5) is 12.0. The molecule has 0 aliphatic rings. The van der Waals surface area contributed by atoms with Gasteiger partial charge in [-0.05, 0) is 43.2 Å². The third-order valence-corrected chi connectivity index (χ3v) is 3.65. The molecular formula is C21H28N2O4. The van der Waals surface area contributed by atoms with E-state index in [1.165, 1.54) is 0 Å². The molecule has 146 valence electrons. The second kappa shape index (κ2) is 11.9. The van der Waals surface area contributed by atoms with Gasteiger partial charge in [-0.3, -0.25) is 0 Å². The van der Waals surface area contributed by atoms with Crippen LogP contribution in [0.25, 0.3) is 0 Å². The molecule has 2 rings (SSSR count). The van der Waals surface area contributed by atoms with Crippen LogP contribution in [-0.2, 0) is 16.1 Å². The van der Waals surface area contributed by atoms with Gasteiger partial charge in [0.1, 0.15) is 12.4 Å². The van der Waals surface area contributed by atoms with Crippen LogP contribution in [-0.4, -0.2) is 32.1 Å². The van der Waals surface area contributed by atoms with Crippen LogP contribution in [0, 0.1) is 0 Å². The van der Waals surface area contributed by atoms with Gasteiger partial charge in [-0.1, -0.05) is 37.3 Å². The molecule has 2 aromatic rings. The van der Waals surface area contributed by atoms with E-state index in [9.17, 15) is 4.79 Å². The number of carbonyl (C=O) groups excluding carboxylic acids is 1. The van der Waals surface area contributed by atoms with Crippen LogP contribution in [0.5, 0.6) is 5.75 Å². The molecular weight excluding hydrogens is 344 g/mol. The standard InChI is InChI=1S/C21H28N2O4/c1-3-14-26-20(25-4-2)15-22-21(24)23-18-10-12-19(13-11-18)27-16-17-8-6-5-7-9-17/h5-13,20H,3-4,14-16H2,1-2H3,(H2,22,23,24). The summed E-state index contributed by atoms with van der Waals surface area (Å²) in [6.07, 6.45) is 0.462. The molecule has 0 radical (unpaired) electrons. The van der Waals surface area contributed by atoms with Gasteiger partial charge in [0.2, 0.25) is 0 Å². The molecule has 0 aliphatic carbocycles. The number of rotatable bonds is 11. The zero-order valence-corrected chi connectivity index (χ0v) is 15.9. The van der Waals surface area contributed by atoms with Crippen molar-refractivity contribution in [1.82, 2.24) is 5.32 Å². The van der Waals surface area contributed by atoms with Crippen LogP contribution in [0.2, 0.25) is 0 Å². The van der Waals surface area contributed by atoms with Crippen molar-refractivity contribution in [2.75, 3.05) is 25.1 Å². The quantitative estimate of drug-likeness (QED) is 0.581. The second-order valence-electron chi connectivity index (χ2n) is 5.89. The summed E-state index contributed by atoms with van der Waals surface area (Å²) in [5, 5.41) is 5.53. The molecule has 2 amide bonds. The first-order chi connectivity index (χ1) is 13.2. The number of hydrogen-bond acceptors (Lipinski definition) is 4. The fourth-order valence-corrected chi connectivity index (χ4v) is 2.33. The Labute approximate surface area is 160 Å². The van der Waals surface area contributed by atoms with Gasteiger partial charge in [0.25, 0.3) is 0 Å². The van der Waals surface area contributed by atoms with E-state index < -0.39 is 6.29 Å². The van der Waals surface area contributed by atoms with Crippen LogP contribution in [0.3, 0.4) is 0 Å². The molecule has 0 bridgehead atoms. The lowest BCUT2D eigenvalue weighted by Crippen LogP contribution is -2.37. The molecule has 0 saturated carbocycles. The smallest absolute Gasteiger partial charge is 0.319 e.